The number of hydrogen-bond acceptors (Lipinski definition) is 4. The van der Waals surface area contributed by atoms with Gasteiger partial charge in [-0.05, 0) is 19.1 Å². The highest BCUT2D eigenvalue weighted by Gasteiger charge is 2.12. The Morgan fingerprint density at radius 1 is 1.53 bits per heavy atom. The van der Waals surface area contributed by atoms with E-state index in [0.29, 0.717) is 11.3 Å². The summed E-state index contributed by atoms with van der Waals surface area (Å²) < 4.78 is 5.08. The van der Waals surface area contributed by atoms with Gasteiger partial charge in [-0.2, -0.15) is 0 Å². The van der Waals surface area contributed by atoms with Crippen molar-refractivity contribution in [2.45, 2.75) is 6.92 Å². The van der Waals surface area contributed by atoms with Crippen LogP contribution in [0.4, 0.5) is 0 Å². The molecule has 5 nitrogen and oxygen atoms in total. The number of carboxylic acids is 1. The van der Waals surface area contributed by atoms with Crippen molar-refractivity contribution in [2.24, 2.45) is 0 Å². The Kier molecular flexibility index (Phi) is 2.21. The third kappa shape index (κ3) is 1.71. The largest absolute Gasteiger partial charge is 0.477 e. The van der Waals surface area contributed by atoms with E-state index in [-0.39, 0.29) is 11.5 Å². The summed E-state index contributed by atoms with van der Waals surface area (Å²) in [4.78, 5) is 18.7. The van der Waals surface area contributed by atoms with Gasteiger partial charge in [-0.1, -0.05) is 0 Å². The molecule has 0 aliphatic carbocycles. The van der Waals surface area contributed by atoms with Crippen LogP contribution in [0.3, 0.4) is 0 Å². The van der Waals surface area contributed by atoms with Gasteiger partial charge in [0.2, 0.25) is 0 Å². The molecule has 1 N–H and O–H groups in total. The molecule has 15 heavy (non-hydrogen) atoms. The summed E-state index contributed by atoms with van der Waals surface area (Å²) in [6, 6.07) is 3.37. The molecule has 0 aliphatic rings. The van der Waals surface area contributed by atoms with Gasteiger partial charge in [0, 0.05) is 11.8 Å². The molecule has 0 fully saturated rings. The maximum absolute atomic E-state index is 10.8. The van der Waals surface area contributed by atoms with Gasteiger partial charge < -0.3 is 9.52 Å². The Hall–Kier alpha value is -2.17. The first kappa shape index (κ1) is 9.39. The minimum Gasteiger partial charge on any atom is -0.477 e. The lowest BCUT2D eigenvalue weighted by Gasteiger charge is -2.00. The fourth-order valence-corrected chi connectivity index (χ4v) is 1.18. The van der Waals surface area contributed by atoms with Gasteiger partial charge in [0.1, 0.15) is 0 Å². The third-order valence-electron chi connectivity index (χ3n) is 1.92. The van der Waals surface area contributed by atoms with Crippen LogP contribution in [0.15, 0.2) is 29.0 Å². The van der Waals surface area contributed by atoms with Crippen molar-refractivity contribution in [3.8, 4) is 11.6 Å². The summed E-state index contributed by atoms with van der Waals surface area (Å²) in [5.74, 6) is -0.330. The van der Waals surface area contributed by atoms with E-state index in [0.717, 1.165) is 0 Å². The minimum absolute atomic E-state index is 0.00333. The first-order chi connectivity index (χ1) is 7.18. The molecule has 0 bridgehead atoms. The summed E-state index contributed by atoms with van der Waals surface area (Å²) >= 11 is 0. The highest BCUT2D eigenvalue weighted by atomic mass is 16.4. The number of aromatic carboxylic acids is 1. The van der Waals surface area contributed by atoms with Crippen molar-refractivity contribution < 1.29 is 14.3 Å². The highest BCUT2D eigenvalue weighted by molar-refractivity contribution is 5.87. The van der Waals surface area contributed by atoms with Crippen molar-refractivity contribution in [1.82, 2.24) is 9.97 Å². The summed E-state index contributed by atoms with van der Waals surface area (Å²) in [5, 5.41) is 8.87. The molecule has 0 unspecified atom stereocenters. The van der Waals surface area contributed by atoms with Gasteiger partial charge in [-0.3, -0.25) is 0 Å². The van der Waals surface area contributed by atoms with Crippen LogP contribution >= 0.6 is 0 Å². The number of aryl methyl sites for hydroxylation is 1. The van der Waals surface area contributed by atoms with Crippen LogP contribution in [0, 0.1) is 6.92 Å². The molecule has 0 radical (unpaired) electrons. The highest BCUT2D eigenvalue weighted by Crippen LogP contribution is 2.16. The van der Waals surface area contributed by atoms with E-state index in [1.165, 1.54) is 12.5 Å². The number of rotatable bonds is 2. The van der Waals surface area contributed by atoms with Gasteiger partial charge in [0.15, 0.2) is 17.3 Å². The van der Waals surface area contributed by atoms with Gasteiger partial charge in [-0.15, -0.1) is 0 Å². The lowest BCUT2D eigenvalue weighted by atomic mass is 10.2. The fourth-order valence-electron chi connectivity index (χ4n) is 1.18. The quantitative estimate of drug-likeness (QED) is 0.806. The van der Waals surface area contributed by atoms with Crippen LogP contribution in [-0.2, 0) is 0 Å². The smallest absolute Gasteiger partial charge is 0.354 e. The first-order valence-electron chi connectivity index (χ1n) is 4.29. The fraction of sp³-hybridized carbons (Fsp3) is 0.100. The average molecular weight is 204 g/mol. The van der Waals surface area contributed by atoms with E-state index in [9.17, 15) is 4.79 Å². The van der Waals surface area contributed by atoms with Crippen LogP contribution in [0.2, 0.25) is 0 Å². The van der Waals surface area contributed by atoms with Gasteiger partial charge in [-0.25, -0.2) is 14.8 Å². The predicted octanol–water partition coefficient (Wildman–Crippen LogP) is 1.74. The van der Waals surface area contributed by atoms with Crippen LogP contribution in [0.1, 0.15) is 16.1 Å². The monoisotopic (exact) mass is 204 g/mol. The lowest BCUT2D eigenvalue weighted by molar-refractivity contribution is 0.0689. The standard InChI is InChI=1S/C10H8N2O3/c1-6-5-11-9(7-3-2-4-15-7)12-8(6)10(13)14/h2-5H,1H3,(H,13,14). The second kappa shape index (κ2) is 3.53. The molecule has 2 aromatic heterocycles. The summed E-state index contributed by atoms with van der Waals surface area (Å²) in [7, 11) is 0. The predicted molar refractivity (Wildman–Crippen MR) is 51.4 cm³/mol. The third-order valence-corrected chi connectivity index (χ3v) is 1.92. The van der Waals surface area contributed by atoms with E-state index in [1.807, 2.05) is 0 Å². The Morgan fingerprint density at radius 2 is 2.33 bits per heavy atom. The van der Waals surface area contributed by atoms with E-state index < -0.39 is 5.97 Å². The molecule has 76 valence electrons. The topological polar surface area (TPSA) is 76.2 Å². The second-order valence-corrected chi connectivity index (χ2v) is 3.01. The Balaban J connectivity index is 2.52. The zero-order chi connectivity index (χ0) is 10.8. The van der Waals surface area contributed by atoms with Crippen LogP contribution in [0.25, 0.3) is 11.6 Å². The van der Waals surface area contributed by atoms with E-state index >= 15 is 0 Å². The maximum atomic E-state index is 10.8. The molecule has 2 aromatic rings. The number of hydrogen-bond donors (Lipinski definition) is 1. The summed E-state index contributed by atoms with van der Waals surface area (Å²) in [6.45, 7) is 1.65. The van der Waals surface area contributed by atoms with Crippen LogP contribution in [-0.4, -0.2) is 21.0 Å². The van der Waals surface area contributed by atoms with E-state index in [1.54, 1.807) is 19.1 Å². The SMILES string of the molecule is Cc1cnc(-c2ccco2)nc1C(=O)O. The number of nitrogens with zero attached hydrogens (tertiary/aromatic N) is 2. The Bertz CT molecular complexity index is 491. The molecule has 0 amide bonds. The van der Waals surface area contributed by atoms with Gasteiger partial charge >= 0.3 is 5.97 Å². The Morgan fingerprint density at radius 3 is 2.93 bits per heavy atom. The molecule has 0 atom stereocenters. The van der Waals surface area contributed by atoms with Crippen LogP contribution < -0.4 is 0 Å². The maximum Gasteiger partial charge on any atom is 0.354 e. The molecule has 0 spiro atoms. The molecule has 0 saturated carbocycles. The normalized spacial score (nSPS) is 10.2. The molecule has 5 heteroatoms. The number of carboxylic acid groups (broad SMARTS) is 1. The van der Waals surface area contributed by atoms with Crippen molar-refractivity contribution in [3.63, 3.8) is 0 Å². The van der Waals surface area contributed by atoms with E-state index in [4.69, 9.17) is 9.52 Å². The molecule has 2 heterocycles. The van der Waals surface area contributed by atoms with Gasteiger partial charge in [0.25, 0.3) is 0 Å². The number of aromatic nitrogens is 2. The Labute approximate surface area is 85.4 Å². The summed E-state index contributed by atoms with van der Waals surface area (Å²) in [5.41, 5.74) is 0.522. The minimum atomic E-state index is -1.07. The summed E-state index contributed by atoms with van der Waals surface area (Å²) in [6.07, 6.45) is 2.95. The van der Waals surface area contributed by atoms with Crippen LogP contribution in [0.5, 0.6) is 0 Å². The number of furan rings is 1. The molecular weight excluding hydrogens is 196 g/mol. The first-order valence-corrected chi connectivity index (χ1v) is 4.29. The molecule has 0 saturated heterocycles. The van der Waals surface area contributed by atoms with Gasteiger partial charge in [0.05, 0.1) is 6.26 Å². The van der Waals surface area contributed by atoms with Crippen molar-refractivity contribution in [2.75, 3.05) is 0 Å². The zero-order valence-electron chi connectivity index (χ0n) is 7.97. The average Bonchev–Trinajstić information content (AvgIpc) is 2.71. The van der Waals surface area contributed by atoms with Crippen molar-refractivity contribution in [3.05, 3.63) is 35.9 Å². The zero-order valence-corrected chi connectivity index (χ0v) is 7.97. The molecular formula is C10H8N2O3. The molecule has 0 aromatic carbocycles. The second-order valence-electron chi connectivity index (χ2n) is 3.01. The molecule has 2 rings (SSSR count). The van der Waals surface area contributed by atoms with Crippen molar-refractivity contribution in [1.29, 1.82) is 0 Å². The lowest BCUT2D eigenvalue weighted by Crippen LogP contribution is -2.05. The number of carbonyl (C=O) groups is 1. The van der Waals surface area contributed by atoms with Crippen molar-refractivity contribution >= 4 is 5.97 Å². The van der Waals surface area contributed by atoms with E-state index in [2.05, 4.69) is 9.97 Å². The molecule has 0 aliphatic heterocycles.